The highest BCUT2D eigenvalue weighted by Gasteiger charge is 2.50. The Kier molecular flexibility index (Phi) is 4.79. The molecule has 0 radical (unpaired) electrons. The summed E-state index contributed by atoms with van der Waals surface area (Å²) in [5.41, 5.74) is 7.68. The number of aromatic nitrogens is 1. The van der Waals surface area contributed by atoms with Gasteiger partial charge in [0.1, 0.15) is 0 Å². The minimum absolute atomic E-state index is 0.317. The third kappa shape index (κ3) is 3.28. The molecule has 0 amide bonds. The average molecular weight is 382 g/mol. The second-order valence-corrected chi connectivity index (χ2v) is 8.96. The molecule has 1 N–H and O–H groups in total. The smallest absolute Gasteiger partial charge is 0.322 e. The van der Waals surface area contributed by atoms with Gasteiger partial charge in [-0.15, -0.1) is 5.06 Å². The maximum absolute atomic E-state index is 11.8. The zero-order valence-electron chi connectivity index (χ0n) is 18.4. The second-order valence-electron chi connectivity index (χ2n) is 8.96. The van der Waals surface area contributed by atoms with Crippen LogP contribution in [0.3, 0.4) is 0 Å². The number of aliphatic imine (C=N–C) groups is 1. The molecule has 0 aliphatic carbocycles. The van der Waals surface area contributed by atoms with Crippen molar-refractivity contribution in [3.8, 4) is 0 Å². The molecule has 0 fully saturated rings. The summed E-state index contributed by atoms with van der Waals surface area (Å²) in [6.45, 7) is 18.0. The quantitative estimate of drug-likeness (QED) is 0.798. The first kappa shape index (κ1) is 20.3. The van der Waals surface area contributed by atoms with Crippen LogP contribution in [0.15, 0.2) is 40.1 Å². The molecule has 0 saturated carbocycles. The Morgan fingerprint density at radius 3 is 2.25 bits per heavy atom. The van der Waals surface area contributed by atoms with Crippen LogP contribution in [0.2, 0.25) is 0 Å². The van der Waals surface area contributed by atoms with Crippen LogP contribution in [-0.2, 0) is 9.63 Å². The fourth-order valence-electron chi connectivity index (χ4n) is 4.46. The Morgan fingerprint density at radius 1 is 1.14 bits per heavy atom. The number of carbonyl (C=O) groups excluding carboxylic acids is 1. The molecule has 5 heteroatoms. The molecule has 3 rings (SSSR count). The third-order valence-electron chi connectivity index (χ3n) is 5.40. The third-order valence-corrected chi connectivity index (χ3v) is 5.40. The number of aromatic amines is 1. The first-order chi connectivity index (χ1) is 12.8. The topological polar surface area (TPSA) is 57.7 Å². The van der Waals surface area contributed by atoms with E-state index in [9.17, 15) is 4.79 Å². The van der Waals surface area contributed by atoms with Gasteiger partial charge in [-0.05, 0) is 84.2 Å². The molecule has 2 aliphatic rings. The van der Waals surface area contributed by atoms with Gasteiger partial charge in [0.05, 0.1) is 22.5 Å². The van der Waals surface area contributed by atoms with E-state index in [1.807, 2.05) is 6.92 Å². The van der Waals surface area contributed by atoms with E-state index in [2.05, 4.69) is 71.7 Å². The molecule has 0 bridgehead atoms. The average Bonchev–Trinajstić information content (AvgIpc) is 3.10. The van der Waals surface area contributed by atoms with Gasteiger partial charge in [-0.25, -0.2) is 0 Å². The number of H-pyrrole nitrogens is 1. The van der Waals surface area contributed by atoms with Crippen molar-refractivity contribution in [3.05, 3.63) is 52.0 Å². The van der Waals surface area contributed by atoms with Crippen molar-refractivity contribution in [1.82, 2.24) is 10.0 Å². The second kappa shape index (κ2) is 6.59. The predicted octanol–water partition coefficient (Wildman–Crippen LogP) is 5.04. The van der Waals surface area contributed by atoms with E-state index in [1.54, 1.807) is 5.06 Å². The summed E-state index contributed by atoms with van der Waals surface area (Å²) in [6, 6.07) is 2.15. The van der Waals surface area contributed by atoms with Crippen LogP contribution in [0.1, 0.15) is 65.4 Å². The van der Waals surface area contributed by atoms with E-state index in [0.717, 1.165) is 39.5 Å². The largest absolute Gasteiger partial charge is 0.367 e. The summed E-state index contributed by atoms with van der Waals surface area (Å²) in [5, 5.41) is 1.80. The molecule has 0 atom stereocenters. The lowest BCUT2D eigenvalue weighted by molar-refractivity contribution is -0.227. The standard InChI is InChI=1S/C23H31N3O2/c1-13-10-15(3)24-20(13)19(21-14(2)11-16(4)25-21)18-12-22(6,7)26(23(18,8)9)28-17(5)27/h10-12,24H,1-9H3/b21-19+. The summed E-state index contributed by atoms with van der Waals surface area (Å²) in [7, 11) is 0. The van der Waals surface area contributed by atoms with E-state index in [1.165, 1.54) is 12.5 Å². The molecule has 150 valence electrons. The van der Waals surface area contributed by atoms with Crippen molar-refractivity contribution >= 4 is 17.3 Å². The number of allylic oxidation sites excluding steroid dienone is 2. The number of hydrogen-bond acceptors (Lipinski definition) is 4. The lowest BCUT2D eigenvalue weighted by atomic mass is 9.85. The van der Waals surface area contributed by atoms with Crippen molar-refractivity contribution in [2.45, 2.75) is 73.4 Å². The van der Waals surface area contributed by atoms with Crippen LogP contribution in [0, 0.1) is 13.8 Å². The molecule has 0 spiro atoms. The summed E-state index contributed by atoms with van der Waals surface area (Å²) < 4.78 is 0. The minimum Gasteiger partial charge on any atom is -0.367 e. The van der Waals surface area contributed by atoms with Crippen molar-refractivity contribution in [2.75, 3.05) is 0 Å². The number of aryl methyl sites for hydroxylation is 2. The van der Waals surface area contributed by atoms with Crippen LogP contribution in [0.25, 0.3) is 5.57 Å². The van der Waals surface area contributed by atoms with Crippen molar-refractivity contribution in [2.24, 2.45) is 4.99 Å². The highest BCUT2D eigenvalue weighted by atomic mass is 16.7. The zero-order valence-corrected chi connectivity index (χ0v) is 18.4. The molecule has 5 nitrogen and oxygen atoms in total. The summed E-state index contributed by atoms with van der Waals surface area (Å²) in [5.74, 6) is -0.317. The van der Waals surface area contributed by atoms with Gasteiger partial charge >= 0.3 is 5.97 Å². The molecule has 1 aromatic rings. The summed E-state index contributed by atoms with van der Waals surface area (Å²) in [6.07, 6.45) is 4.31. The first-order valence-electron chi connectivity index (χ1n) is 9.72. The van der Waals surface area contributed by atoms with Crippen LogP contribution >= 0.6 is 0 Å². The maximum Gasteiger partial charge on any atom is 0.322 e. The van der Waals surface area contributed by atoms with Gasteiger partial charge in [0.25, 0.3) is 0 Å². The van der Waals surface area contributed by atoms with Crippen LogP contribution in [-0.4, -0.2) is 32.8 Å². The van der Waals surface area contributed by atoms with Crippen LogP contribution < -0.4 is 0 Å². The van der Waals surface area contributed by atoms with Crippen molar-refractivity contribution < 1.29 is 9.63 Å². The Balaban J connectivity index is 2.29. The van der Waals surface area contributed by atoms with Crippen LogP contribution in [0.5, 0.6) is 0 Å². The van der Waals surface area contributed by atoms with E-state index < -0.39 is 11.1 Å². The minimum atomic E-state index is -0.519. The number of rotatable bonds is 3. The molecule has 3 heterocycles. The fraction of sp³-hybridized carbons (Fsp3) is 0.478. The molecular formula is C23H31N3O2. The van der Waals surface area contributed by atoms with E-state index in [4.69, 9.17) is 9.83 Å². The summed E-state index contributed by atoms with van der Waals surface area (Å²) >= 11 is 0. The molecule has 0 unspecified atom stereocenters. The van der Waals surface area contributed by atoms with Gasteiger partial charge in [0, 0.05) is 23.9 Å². The van der Waals surface area contributed by atoms with Crippen molar-refractivity contribution in [3.63, 3.8) is 0 Å². The van der Waals surface area contributed by atoms with E-state index in [-0.39, 0.29) is 5.97 Å². The van der Waals surface area contributed by atoms with E-state index >= 15 is 0 Å². The van der Waals surface area contributed by atoms with Gasteiger partial charge in [0.15, 0.2) is 0 Å². The highest BCUT2D eigenvalue weighted by molar-refractivity contribution is 6.01. The zero-order chi connectivity index (χ0) is 21.0. The number of carbonyl (C=O) groups is 1. The summed E-state index contributed by atoms with van der Waals surface area (Å²) in [4.78, 5) is 25.8. The van der Waals surface area contributed by atoms with Gasteiger partial charge < -0.3 is 9.82 Å². The number of hydrogen-bond donors (Lipinski definition) is 1. The molecule has 1 aromatic heterocycles. The Bertz CT molecular complexity index is 968. The number of hydroxylamine groups is 2. The highest BCUT2D eigenvalue weighted by Crippen LogP contribution is 2.48. The lowest BCUT2D eigenvalue weighted by Gasteiger charge is -2.39. The molecule has 2 aliphatic heterocycles. The van der Waals surface area contributed by atoms with Crippen LogP contribution in [0.4, 0.5) is 0 Å². The molecular weight excluding hydrogens is 350 g/mol. The Labute approximate surface area is 167 Å². The normalized spacial score (nSPS) is 22.7. The first-order valence-corrected chi connectivity index (χ1v) is 9.72. The molecule has 0 saturated heterocycles. The SMILES string of the molecule is CC(=O)ON1C(C)(C)C=C(/C(=C2\N=C(C)C=C2C)c2[nH]c(C)cc2C)C1(C)C. The number of nitrogens with zero attached hydrogens (tertiary/aromatic N) is 2. The predicted molar refractivity (Wildman–Crippen MR) is 114 cm³/mol. The fourth-order valence-corrected chi connectivity index (χ4v) is 4.46. The Hall–Kier alpha value is -2.40. The number of nitrogens with one attached hydrogen (secondary N) is 1. The van der Waals surface area contributed by atoms with Gasteiger partial charge in [-0.2, -0.15) is 0 Å². The van der Waals surface area contributed by atoms with Gasteiger partial charge in [-0.3, -0.25) is 9.79 Å². The van der Waals surface area contributed by atoms with Gasteiger partial charge in [0.2, 0.25) is 0 Å². The molecule has 0 aromatic carbocycles. The lowest BCUT2D eigenvalue weighted by Crippen LogP contribution is -2.50. The van der Waals surface area contributed by atoms with E-state index in [0.29, 0.717) is 0 Å². The van der Waals surface area contributed by atoms with Crippen molar-refractivity contribution in [1.29, 1.82) is 0 Å². The van der Waals surface area contributed by atoms with Gasteiger partial charge in [-0.1, -0.05) is 6.08 Å². The Morgan fingerprint density at radius 2 is 1.79 bits per heavy atom. The maximum atomic E-state index is 11.8. The molecule has 28 heavy (non-hydrogen) atoms. The monoisotopic (exact) mass is 381 g/mol.